The van der Waals surface area contributed by atoms with Gasteiger partial charge in [-0.05, 0) is 37.8 Å². The van der Waals surface area contributed by atoms with E-state index in [2.05, 4.69) is 0 Å². The Morgan fingerprint density at radius 1 is 1.53 bits per heavy atom. The molecule has 1 aliphatic rings. The summed E-state index contributed by atoms with van der Waals surface area (Å²) in [4.78, 5) is 22.4. The molecule has 0 aliphatic heterocycles. The molecule has 0 bridgehead atoms. The molecule has 1 aromatic carbocycles. The number of Topliss-reactive ketones (excluding diaryl/α,β-unsaturated/α-hetero) is 1. The maximum Gasteiger partial charge on any atom is 0.310 e. The predicted octanol–water partition coefficient (Wildman–Crippen LogP) is 2.93. The molecular formula is C15H17FO3. The number of carbonyl (C=O) groups is 2. The van der Waals surface area contributed by atoms with Crippen LogP contribution in [0.4, 0.5) is 4.39 Å². The summed E-state index contributed by atoms with van der Waals surface area (Å²) in [6.45, 7) is 1.46. The highest BCUT2D eigenvalue weighted by molar-refractivity contribution is 5.83. The van der Waals surface area contributed by atoms with Crippen LogP contribution >= 0.6 is 0 Å². The Labute approximate surface area is 111 Å². The minimum atomic E-state index is -1.04. The SMILES string of the molecule is C[C@H](C(=O)O)c1ccc(C[C@H]2CCCC2=O)cc1F. The number of benzene rings is 1. The summed E-state index contributed by atoms with van der Waals surface area (Å²) >= 11 is 0. The van der Waals surface area contributed by atoms with E-state index >= 15 is 0 Å². The Morgan fingerprint density at radius 3 is 2.79 bits per heavy atom. The van der Waals surface area contributed by atoms with Gasteiger partial charge in [-0.3, -0.25) is 9.59 Å². The highest BCUT2D eigenvalue weighted by Gasteiger charge is 2.25. The molecule has 0 saturated heterocycles. The minimum absolute atomic E-state index is 0.00199. The van der Waals surface area contributed by atoms with E-state index < -0.39 is 17.7 Å². The van der Waals surface area contributed by atoms with Gasteiger partial charge in [0.15, 0.2) is 0 Å². The summed E-state index contributed by atoms with van der Waals surface area (Å²) in [6.07, 6.45) is 2.96. The van der Waals surface area contributed by atoms with Crippen LogP contribution in [-0.2, 0) is 16.0 Å². The van der Waals surface area contributed by atoms with Crippen molar-refractivity contribution < 1.29 is 19.1 Å². The van der Waals surface area contributed by atoms with Crippen LogP contribution in [0.2, 0.25) is 0 Å². The van der Waals surface area contributed by atoms with E-state index in [0.29, 0.717) is 12.8 Å². The highest BCUT2D eigenvalue weighted by atomic mass is 19.1. The molecule has 2 rings (SSSR count). The van der Waals surface area contributed by atoms with Crippen molar-refractivity contribution >= 4 is 11.8 Å². The molecule has 19 heavy (non-hydrogen) atoms. The first kappa shape index (κ1) is 13.7. The van der Waals surface area contributed by atoms with Gasteiger partial charge in [-0.15, -0.1) is 0 Å². The van der Waals surface area contributed by atoms with E-state index in [1.54, 1.807) is 6.07 Å². The van der Waals surface area contributed by atoms with E-state index in [1.807, 2.05) is 0 Å². The van der Waals surface area contributed by atoms with Crippen LogP contribution in [0.25, 0.3) is 0 Å². The molecular weight excluding hydrogens is 247 g/mol. The topological polar surface area (TPSA) is 54.4 Å². The lowest BCUT2D eigenvalue weighted by Gasteiger charge is -2.12. The van der Waals surface area contributed by atoms with E-state index in [0.717, 1.165) is 18.4 Å². The Bertz CT molecular complexity index is 510. The van der Waals surface area contributed by atoms with Gasteiger partial charge >= 0.3 is 5.97 Å². The number of rotatable bonds is 4. The highest BCUT2D eigenvalue weighted by Crippen LogP contribution is 2.27. The minimum Gasteiger partial charge on any atom is -0.481 e. The largest absolute Gasteiger partial charge is 0.481 e. The number of carboxylic acids is 1. The van der Waals surface area contributed by atoms with Crippen LogP contribution in [0.1, 0.15) is 43.2 Å². The van der Waals surface area contributed by atoms with Gasteiger partial charge in [0.1, 0.15) is 11.6 Å². The molecule has 1 aliphatic carbocycles. The van der Waals surface area contributed by atoms with Gasteiger partial charge in [-0.2, -0.15) is 0 Å². The third-order valence-corrected chi connectivity index (χ3v) is 3.82. The smallest absolute Gasteiger partial charge is 0.310 e. The van der Waals surface area contributed by atoms with Crippen molar-refractivity contribution in [2.45, 2.75) is 38.5 Å². The summed E-state index contributed by atoms with van der Waals surface area (Å²) < 4.78 is 13.9. The number of halogens is 1. The van der Waals surface area contributed by atoms with Gasteiger partial charge in [0, 0.05) is 17.9 Å². The molecule has 0 spiro atoms. The average Bonchev–Trinajstić information content (AvgIpc) is 2.74. The van der Waals surface area contributed by atoms with E-state index in [4.69, 9.17) is 5.11 Å². The van der Waals surface area contributed by atoms with E-state index in [-0.39, 0.29) is 17.3 Å². The number of hydrogen-bond acceptors (Lipinski definition) is 2. The quantitative estimate of drug-likeness (QED) is 0.909. The monoisotopic (exact) mass is 264 g/mol. The van der Waals surface area contributed by atoms with E-state index in [1.165, 1.54) is 19.1 Å². The number of aliphatic carboxylic acids is 1. The molecule has 0 unspecified atom stereocenters. The molecule has 0 radical (unpaired) electrons. The molecule has 1 N–H and O–H groups in total. The third kappa shape index (κ3) is 3.00. The number of carbonyl (C=O) groups excluding carboxylic acids is 1. The normalized spacial score (nSPS) is 20.5. The maximum absolute atomic E-state index is 13.9. The fourth-order valence-electron chi connectivity index (χ4n) is 2.57. The van der Waals surface area contributed by atoms with Gasteiger partial charge in [-0.1, -0.05) is 12.1 Å². The van der Waals surface area contributed by atoms with Crippen LogP contribution < -0.4 is 0 Å². The molecule has 0 aromatic heterocycles. The van der Waals surface area contributed by atoms with Gasteiger partial charge in [0.25, 0.3) is 0 Å². The molecule has 0 amide bonds. The Hall–Kier alpha value is -1.71. The number of ketones is 1. The summed E-state index contributed by atoms with van der Waals surface area (Å²) in [5, 5.41) is 8.88. The van der Waals surface area contributed by atoms with Crippen LogP contribution in [0.3, 0.4) is 0 Å². The van der Waals surface area contributed by atoms with Crippen LogP contribution in [0.5, 0.6) is 0 Å². The van der Waals surface area contributed by atoms with Crippen LogP contribution in [0.15, 0.2) is 18.2 Å². The Morgan fingerprint density at radius 2 is 2.26 bits per heavy atom. The first-order valence-electron chi connectivity index (χ1n) is 6.53. The summed E-state index contributed by atoms with van der Waals surface area (Å²) in [5.74, 6) is -2.15. The summed E-state index contributed by atoms with van der Waals surface area (Å²) in [6, 6.07) is 4.60. The Kier molecular flexibility index (Phi) is 3.98. The lowest BCUT2D eigenvalue weighted by Crippen LogP contribution is -2.12. The van der Waals surface area contributed by atoms with Gasteiger partial charge in [0.05, 0.1) is 5.92 Å². The van der Waals surface area contributed by atoms with E-state index in [9.17, 15) is 14.0 Å². The number of hydrogen-bond donors (Lipinski definition) is 1. The van der Waals surface area contributed by atoms with Crippen molar-refractivity contribution in [1.29, 1.82) is 0 Å². The van der Waals surface area contributed by atoms with Crippen molar-refractivity contribution in [1.82, 2.24) is 0 Å². The first-order chi connectivity index (χ1) is 8.99. The van der Waals surface area contributed by atoms with Gasteiger partial charge in [-0.25, -0.2) is 4.39 Å². The van der Waals surface area contributed by atoms with Crippen molar-refractivity contribution in [3.63, 3.8) is 0 Å². The fraction of sp³-hybridized carbons (Fsp3) is 0.467. The number of carboxylic acid groups (broad SMARTS) is 1. The second kappa shape index (κ2) is 5.51. The molecule has 3 nitrogen and oxygen atoms in total. The zero-order valence-electron chi connectivity index (χ0n) is 10.9. The molecule has 1 aromatic rings. The molecule has 4 heteroatoms. The molecule has 2 atom stereocenters. The van der Waals surface area contributed by atoms with Crippen LogP contribution in [0, 0.1) is 11.7 Å². The predicted molar refractivity (Wildman–Crippen MR) is 68.5 cm³/mol. The Balaban J connectivity index is 2.14. The standard InChI is InChI=1S/C15H17FO3/c1-9(15(18)19)12-6-5-10(8-13(12)16)7-11-3-2-4-14(11)17/h5-6,8-9,11H,2-4,7H2,1H3,(H,18,19)/t9-,11+/m0/s1. The van der Waals surface area contributed by atoms with Crippen LogP contribution in [-0.4, -0.2) is 16.9 Å². The summed E-state index contributed by atoms with van der Waals surface area (Å²) in [7, 11) is 0. The maximum atomic E-state index is 13.9. The van der Waals surface area contributed by atoms with Gasteiger partial charge in [0.2, 0.25) is 0 Å². The second-order valence-corrected chi connectivity index (χ2v) is 5.18. The van der Waals surface area contributed by atoms with Crippen molar-refractivity contribution in [3.8, 4) is 0 Å². The zero-order chi connectivity index (χ0) is 14.0. The molecule has 1 fully saturated rings. The van der Waals surface area contributed by atoms with Crippen molar-refractivity contribution in [2.24, 2.45) is 5.92 Å². The summed E-state index contributed by atoms with van der Waals surface area (Å²) in [5.41, 5.74) is 0.952. The van der Waals surface area contributed by atoms with Crippen molar-refractivity contribution in [2.75, 3.05) is 0 Å². The lowest BCUT2D eigenvalue weighted by atomic mass is 9.94. The lowest BCUT2D eigenvalue weighted by molar-refractivity contribution is -0.138. The average molecular weight is 264 g/mol. The van der Waals surface area contributed by atoms with Gasteiger partial charge < -0.3 is 5.11 Å². The van der Waals surface area contributed by atoms with Crippen molar-refractivity contribution in [3.05, 3.63) is 35.1 Å². The fourth-order valence-corrected chi connectivity index (χ4v) is 2.57. The first-order valence-corrected chi connectivity index (χ1v) is 6.53. The molecule has 0 heterocycles. The second-order valence-electron chi connectivity index (χ2n) is 5.18. The molecule has 102 valence electrons. The molecule has 1 saturated carbocycles. The third-order valence-electron chi connectivity index (χ3n) is 3.82. The zero-order valence-corrected chi connectivity index (χ0v) is 10.9.